The Bertz CT molecular complexity index is 124. The van der Waals surface area contributed by atoms with Crippen molar-refractivity contribution in [3.05, 3.63) is 0 Å². The summed E-state index contributed by atoms with van der Waals surface area (Å²) in [6.07, 6.45) is 8.53. The Kier molecular flexibility index (Phi) is 3.01. The summed E-state index contributed by atoms with van der Waals surface area (Å²) < 4.78 is 5.69. The molecule has 0 saturated carbocycles. The van der Waals surface area contributed by atoms with Crippen LogP contribution in [-0.4, -0.2) is 25.3 Å². The minimum Gasteiger partial charge on any atom is -0.377 e. The lowest BCUT2D eigenvalue weighted by Gasteiger charge is -2.21. The van der Waals surface area contributed by atoms with Crippen LogP contribution in [-0.2, 0) is 4.74 Å². The Morgan fingerprint density at radius 1 is 1.00 bits per heavy atom. The molecule has 12 heavy (non-hydrogen) atoms. The van der Waals surface area contributed by atoms with Crippen molar-refractivity contribution >= 4 is 0 Å². The predicted molar refractivity (Wildman–Crippen MR) is 49.2 cm³/mol. The molecule has 0 bridgehead atoms. The molecule has 0 radical (unpaired) electrons. The quantitative estimate of drug-likeness (QED) is 0.645. The van der Waals surface area contributed by atoms with Gasteiger partial charge in [0.05, 0.1) is 6.10 Å². The van der Waals surface area contributed by atoms with Gasteiger partial charge in [0.15, 0.2) is 0 Å². The summed E-state index contributed by atoms with van der Waals surface area (Å²) in [5, 5.41) is 3.60. The average molecular weight is 169 g/mol. The van der Waals surface area contributed by atoms with Crippen molar-refractivity contribution in [3.8, 4) is 0 Å². The second-order valence-corrected chi connectivity index (χ2v) is 3.96. The van der Waals surface area contributed by atoms with E-state index in [9.17, 15) is 0 Å². The SMILES string of the molecule is C1CCNC(C2CCCO2)CC1. The molecule has 2 aliphatic heterocycles. The van der Waals surface area contributed by atoms with Crippen LogP contribution >= 0.6 is 0 Å². The molecular formula is C10H19NO. The van der Waals surface area contributed by atoms with E-state index in [1.54, 1.807) is 0 Å². The van der Waals surface area contributed by atoms with E-state index in [4.69, 9.17) is 4.74 Å². The maximum Gasteiger partial charge on any atom is 0.0728 e. The van der Waals surface area contributed by atoms with Crippen LogP contribution in [0.3, 0.4) is 0 Å². The summed E-state index contributed by atoms with van der Waals surface area (Å²) in [4.78, 5) is 0. The molecule has 0 aromatic rings. The zero-order chi connectivity index (χ0) is 8.23. The van der Waals surface area contributed by atoms with Crippen LogP contribution in [0.2, 0.25) is 0 Å². The average Bonchev–Trinajstić information content (AvgIpc) is 2.48. The van der Waals surface area contributed by atoms with Gasteiger partial charge in [-0.05, 0) is 32.2 Å². The maximum atomic E-state index is 5.69. The topological polar surface area (TPSA) is 21.3 Å². The van der Waals surface area contributed by atoms with Crippen LogP contribution in [0.15, 0.2) is 0 Å². The molecule has 0 spiro atoms. The summed E-state index contributed by atoms with van der Waals surface area (Å²) >= 11 is 0. The Morgan fingerprint density at radius 2 is 2.00 bits per heavy atom. The van der Waals surface area contributed by atoms with Gasteiger partial charge in [0.25, 0.3) is 0 Å². The van der Waals surface area contributed by atoms with E-state index in [1.807, 2.05) is 0 Å². The first-order valence-corrected chi connectivity index (χ1v) is 5.32. The van der Waals surface area contributed by atoms with Crippen molar-refractivity contribution in [3.63, 3.8) is 0 Å². The molecule has 2 aliphatic rings. The molecule has 2 rings (SSSR count). The van der Waals surface area contributed by atoms with Gasteiger partial charge in [0.1, 0.15) is 0 Å². The number of nitrogens with one attached hydrogen (secondary N) is 1. The third-order valence-electron chi connectivity index (χ3n) is 3.01. The van der Waals surface area contributed by atoms with Crippen molar-refractivity contribution < 1.29 is 4.74 Å². The first-order chi connectivity index (χ1) is 5.97. The van der Waals surface area contributed by atoms with Crippen LogP contribution < -0.4 is 5.32 Å². The largest absolute Gasteiger partial charge is 0.377 e. The lowest BCUT2D eigenvalue weighted by molar-refractivity contribution is 0.0772. The minimum absolute atomic E-state index is 0.531. The van der Waals surface area contributed by atoms with E-state index >= 15 is 0 Å². The molecule has 0 amide bonds. The molecule has 0 aliphatic carbocycles. The molecule has 2 unspecified atom stereocenters. The molecule has 2 heteroatoms. The van der Waals surface area contributed by atoms with Gasteiger partial charge in [-0.2, -0.15) is 0 Å². The molecule has 2 saturated heterocycles. The molecule has 2 fully saturated rings. The number of ether oxygens (including phenoxy) is 1. The third-order valence-corrected chi connectivity index (χ3v) is 3.01. The lowest BCUT2D eigenvalue weighted by Crippen LogP contribution is -2.38. The van der Waals surface area contributed by atoms with Gasteiger partial charge in [0, 0.05) is 12.6 Å². The van der Waals surface area contributed by atoms with Crippen molar-refractivity contribution in [2.75, 3.05) is 13.2 Å². The van der Waals surface area contributed by atoms with E-state index < -0.39 is 0 Å². The second kappa shape index (κ2) is 4.24. The van der Waals surface area contributed by atoms with E-state index in [2.05, 4.69) is 5.32 Å². The molecule has 2 atom stereocenters. The molecule has 0 aromatic heterocycles. The number of hydrogen-bond donors (Lipinski definition) is 1. The van der Waals surface area contributed by atoms with Gasteiger partial charge >= 0.3 is 0 Å². The highest BCUT2D eigenvalue weighted by Gasteiger charge is 2.25. The van der Waals surface area contributed by atoms with Crippen LogP contribution in [0.5, 0.6) is 0 Å². The first kappa shape index (κ1) is 8.52. The van der Waals surface area contributed by atoms with Crippen LogP contribution in [0.25, 0.3) is 0 Å². The molecule has 2 heterocycles. The fraction of sp³-hybridized carbons (Fsp3) is 1.00. The Hall–Kier alpha value is -0.0800. The van der Waals surface area contributed by atoms with Crippen molar-refractivity contribution in [2.45, 2.75) is 50.7 Å². The predicted octanol–water partition coefficient (Wildman–Crippen LogP) is 1.70. The second-order valence-electron chi connectivity index (χ2n) is 3.96. The standard InChI is InChI=1S/C10H19NO/c1-2-5-9(11-7-3-1)10-6-4-8-12-10/h9-11H,1-8H2. The van der Waals surface area contributed by atoms with Gasteiger partial charge in [0.2, 0.25) is 0 Å². The summed E-state index contributed by atoms with van der Waals surface area (Å²) in [5.41, 5.74) is 0. The van der Waals surface area contributed by atoms with Crippen molar-refractivity contribution in [2.24, 2.45) is 0 Å². The van der Waals surface area contributed by atoms with Crippen molar-refractivity contribution in [1.82, 2.24) is 5.32 Å². The molecule has 70 valence electrons. The summed E-state index contributed by atoms with van der Waals surface area (Å²) in [6, 6.07) is 0.662. The molecular weight excluding hydrogens is 150 g/mol. The Balaban J connectivity index is 1.83. The lowest BCUT2D eigenvalue weighted by atomic mass is 10.0. The highest BCUT2D eigenvalue weighted by atomic mass is 16.5. The smallest absolute Gasteiger partial charge is 0.0728 e. The maximum absolute atomic E-state index is 5.69. The van der Waals surface area contributed by atoms with Crippen molar-refractivity contribution in [1.29, 1.82) is 0 Å². The summed E-state index contributed by atoms with van der Waals surface area (Å²) in [5.74, 6) is 0. The van der Waals surface area contributed by atoms with E-state index in [1.165, 1.54) is 45.1 Å². The fourth-order valence-corrected chi connectivity index (χ4v) is 2.29. The summed E-state index contributed by atoms with van der Waals surface area (Å²) in [7, 11) is 0. The number of hydrogen-bond acceptors (Lipinski definition) is 2. The van der Waals surface area contributed by atoms with Crippen LogP contribution in [0, 0.1) is 0 Å². The summed E-state index contributed by atoms with van der Waals surface area (Å²) in [6.45, 7) is 2.19. The van der Waals surface area contributed by atoms with E-state index in [0.717, 1.165) is 6.61 Å². The monoisotopic (exact) mass is 169 g/mol. The normalized spacial score (nSPS) is 38.0. The zero-order valence-corrected chi connectivity index (χ0v) is 7.72. The van der Waals surface area contributed by atoms with Gasteiger partial charge < -0.3 is 10.1 Å². The fourth-order valence-electron chi connectivity index (χ4n) is 2.29. The van der Waals surface area contributed by atoms with Gasteiger partial charge in [-0.15, -0.1) is 0 Å². The Morgan fingerprint density at radius 3 is 2.83 bits per heavy atom. The minimum atomic E-state index is 0.531. The molecule has 2 nitrogen and oxygen atoms in total. The van der Waals surface area contributed by atoms with Crippen LogP contribution in [0.4, 0.5) is 0 Å². The molecule has 0 aromatic carbocycles. The third kappa shape index (κ3) is 1.99. The van der Waals surface area contributed by atoms with Gasteiger partial charge in [-0.3, -0.25) is 0 Å². The molecule has 1 N–H and O–H groups in total. The highest BCUT2D eigenvalue weighted by Crippen LogP contribution is 2.20. The first-order valence-electron chi connectivity index (χ1n) is 5.32. The van der Waals surface area contributed by atoms with E-state index in [-0.39, 0.29) is 0 Å². The van der Waals surface area contributed by atoms with E-state index in [0.29, 0.717) is 12.1 Å². The van der Waals surface area contributed by atoms with Gasteiger partial charge in [-0.1, -0.05) is 12.8 Å². The van der Waals surface area contributed by atoms with Gasteiger partial charge in [-0.25, -0.2) is 0 Å². The zero-order valence-electron chi connectivity index (χ0n) is 7.72. The number of rotatable bonds is 1. The van der Waals surface area contributed by atoms with Crippen LogP contribution in [0.1, 0.15) is 38.5 Å². The highest BCUT2D eigenvalue weighted by molar-refractivity contribution is 4.81. The Labute approximate surface area is 74.7 Å².